The first kappa shape index (κ1) is 15.0. The van der Waals surface area contributed by atoms with Crippen molar-refractivity contribution in [1.29, 1.82) is 0 Å². The molecule has 6 heteroatoms. The summed E-state index contributed by atoms with van der Waals surface area (Å²) in [6.45, 7) is 0.643. The second kappa shape index (κ2) is 6.85. The molecule has 0 aromatic carbocycles. The van der Waals surface area contributed by atoms with Gasteiger partial charge in [0, 0.05) is 38.9 Å². The van der Waals surface area contributed by atoms with Crippen LogP contribution >= 0.6 is 0 Å². The van der Waals surface area contributed by atoms with Gasteiger partial charge in [0.2, 0.25) is 5.91 Å². The Balaban J connectivity index is 1.72. The van der Waals surface area contributed by atoms with E-state index in [1.165, 1.54) is 0 Å². The molecule has 0 aliphatic heterocycles. The van der Waals surface area contributed by atoms with Gasteiger partial charge >= 0.3 is 0 Å². The van der Waals surface area contributed by atoms with Gasteiger partial charge < -0.3 is 15.8 Å². The largest absolute Gasteiger partial charge is 0.380 e. The van der Waals surface area contributed by atoms with E-state index < -0.39 is 0 Å². The van der Waals surface area contributed by atoms with Crippen molar-refractivity contribution >= 4 is 5.91 Å². The summed E-state index contributed by atoms with van der Waals surface area (Å²) in [4.78, 5) is 12.1. The maximum Gasteiger partial charge on any atom is 0.223 e. The summed E-state index contributed by atoms with van der Waals surface area (Å²) in [6.07, 6.45) is 7.10. The lowest BCUT2D eigenvalue weighted by atomic mass is 9.83. The van der Waals surface area contributed by atoms with Crippen molar-refractivity contribution in [2.45, 2.75) is 37.8 Å². The zero-order valence-corrected chi connectivity index (χ0v) is 12.2. The standard InChI is InChI=1S/C14H24N4O2/c1-18-9-10(8-17-18)5-6-16-14(19)11-3-4-13(20-2)12(15)7-11/h8-9,11-13H,3-7,15H2,1-2H3,(H,16,19)/t11-,12+,13+/m0/s1. The summed E-state index contributed by atoms with van der Waals surface area (Å²) in [5.41, 5.74) is 7.16. The molecule has 1 fully saturated rings. The molecule has 1 aromatic rings. The molecule has 2 rings (SSSR count). The maximum absolute atomic E-state index is 12.1. The first-order valence-electron chi connectivity index (χ1n) is 7.13. The van der Waals surface area contributed by atoms with E-state index >= 15 is 0 Å². The molecule has 1 aliphatic carbocycles. The Labute approximate surface area is 119 Å². The number of methoxy groups -OCH3 is 1. The number of nitrogens with one attached hydrogen (secondary N) is 1. The van der Waals surface area contributed by atoms with Crippen LogP contribution in [0.25, 0.3) is 0 Å². The molecule has 0 spiro atoms. The van der Waals surface area contributed by atoms with E-state index in [0.29, 0.717) is 13.0 Å². The summed E-state index contributed by atoms with van der Waals surface area (Å²) in [7, 11) is 3.57. The van der Waals surface area contributed by atoms with Crippen LogP contribution in [0.1, 0.15) is 24.8 Å². The first-order chi connectivity index (χ1) is 9.60. The number of hydrogen-bond donors (Lipinski definition) is 2. The minimum absolute atomic E-state index is 0.0188. The van der Waals surface area contributed by atoms with Crippen molar-refractivity contribution in [2.24, 2.45) is 18.7 Å². The highest BCUT2D eigenvalue weighted by Gasteiger charge is 2.31. The molecule has 1 saturated carbocycles. The van der Waals surface area contributed by atoms with Crippen LogP contribution in [0.4, 0.5) is 0 Å². The fourth-order valence-corrected chi connectivity index (χ4v) is 2.78. The normalized spacial score (nSPS) is 26.4. The van der Waals surface area contributed by atoms with Crippen LogP contribution in [0.2, 0.25) is 0 Å². The lowest BCUT2D eigenvalue weighted by Crippen LogP contribution is -2.45. The van der Waals surface area contributed by atoms with Crippen molar-refractivity contribution < 1.29 is 9.53 Å². The Hall–Kier alpha value is -1.40. The molecule has 20 heavy (non-hydrogen) atoms. The fourth-order valence-electron chi connectivity index (χ4n) is 2.78. The zero-order chi connectivity index (χ0) is 14.5. The lowest BCUT2D eigenvalue weighted by Gasteiger charge is -2.32. The van der Waals surface area contributed by atoms with Gasteiger partial charge in [0.15, 0.2) is 0 Å². The predicted molar refractivity (Wildman–Crippen MR) is 76.0 cm³/mol. The van der Waals surface area contributed by atoms with Gasteiger partial charge in [0.25, 0.3) is 0 Å². The highest BCUT2D eigenvalue weighted by Crippen LogP contribution is 2.25. The molecule has 3 atom stereocenters. The van der Waals surface area contributed by atoms with Gasteiger partial charge in [0.1, 0.15) is 0 Å². The number of rotatable bonds is 5. The number of aryl methyl sites for hydroxylation is 1. The summed E-state index contributed by atoms with van der Waals surface area (Å²) in [6, 6.07) is -0.0391. The SMILES string of the molecule is CO[C@@H]1CC[C@H](C(=O)NCCc2cnn(C)c2)C[C@H]1N. The zero-order valence-electron chi connectivity index (χ0n) is 12.2. The number of hydrogen-bond acceptors (Lipinski definition) is 4. The molecule has 1 heterocycles. The summed E-state index contributed by atoms with van der Waals surface area (Å²) in [5.74, 6) is 0.129. The third-order valence-electron chi connectivity index (χ3n) is 3.98. The van der Waals surface area contributed by atoms with Crippen molar-refractivity contribution in [3.8, 4) is 0 Å². The van der Waals surface area contributed by atoms with E-state index in [-0.39, 0.29) is 24.0 Å². The number of nitrogens with zero attached hydrogens (tertiary/aromatic N) is 2. The molecule has 0 radical (unpaired) electrons. The van der Waals surface area contributed by atoms with Crippen LogP contribution in [-0.2, 0) is 23.0 Å². The predicted octanol–water partition coefficient (Wildman–Crippen LogP) is 0.221. The number of amides is 1. The van der Waals surface area contributed by atoms with Crippen LogP contribution in [0.15, 0.2) is 12.4 Å². The Morgan fingerprint density at radius 2 is 2.40 bits per heavy atom. The van der Waals surface area contributed by atoms with E-state index in [9.17, 15) is 4.79 Å². The second-order valence-electron chi connectivity index (χ2n) is 5.51. The van der Waals surface area contributed by atoms with E-state index in [1.54, 1.807) is 11.8 Å². The molecule has 1 aliphatic rings. The Morgan fingerprint density at radius 1 is 1.60 bits per heavy atom. The van der Waals surface area contributed by atoms with Crippen molar-refractivity contribution in [1.82, 2.24) is 15.1 Å². The van der Waals surface area contributed by atoms with Crippen molar-refractivity contribution in [3.05, 3.63) is 18.0 Å². The Bertz CT molecular complexity index is 446. The number of carbonyl (C=O) groups excluding carboxylic acids is 1. The number of aromatic nitrogens is 2. The van der Waals surface area contributed by atoms with Gasteiger partial charge in [0.05, 0.1) is 12.3 Å². The summed E-state index contributed by atoms with van der Waals surface area (Å²) >= 11 is 0. The fraction of sp³-hybridized carbons (Fsp3) is 0.714. The van der Waals surface area contributed by atoms with Crippen molar-refractivity contribution in [2.75, 3.05) is 13.7 Å². The maximum atomic E-state index is 12.1. The van der Waals surface area contributed by atoms with E-state index in [1.807, 2.05) is 19.4 Å². The monoisotopic (exact) mass is 280 g/mol. The third-order valence-corrected chi connectivity index (χ3v) is 3.98. The molecule has 0 saturated heterocycles. The van der Waals surface area contributed by atoms with Gasteiger partial charge in [-0.15, -0.1) is 0 Å². The van der Waals surface area contributed by atoms with Crippen molar-refractivity contribution in [3.63, 3.8) is 0 Å². The first-order valence-corrected chi connectivity index (χ1v) is 7.13. The minimum Gasteiger partial charge on any atom is -0.380 e. The topological polar surface area (TPSA) is 82.2 Å². The molecule has 1 aromatic heterocycles. The highest BCUT2D eigenvalue weighted by atomic mass is 16.5. The summed E-state index contributed by atoms with van der Waals surface area (Å²) in [5, 5.41) is 7.10. The van der Waals surface area contributed by atoms with Crippen LogP contribution < -0.4 is 11.1 Å². The lowest BCUT2D eigenvalue weighted by molar-refractivity contribution is -0.127. The highest BCUT2D eigenvalue weighted by molar-refractivity contribution is 5.78. The van der Waals surface area contributed by atoms with E-state index in [4.69, 9.17) is 10.5 Å². The van der Waals surface area contributed by atoms with Gasteiger partial charge in [-0.25, -0.2) is 0 Å². The number of carbonyl (C=O) groups is 1. The Morgan fingerprint density at radius 3 is 3.00 bits per heavy atom. The average molecular weight is 280 g/mol. The minimum atomic E-state index is -0.0391. The van der Waals surface area contributed by atoms with Gasteiger partial charge in [-0.2, -0.15) is 5.10 Å². The van der Waals surface area contributed by atoms with Crippen LogP contribution in [0.3, 0.4) is 0 Å². The smallest absolute Gasteiger partial charge is 0.223 e. The molecule has 3 N–H and O–H groups in total. The molecule has 6 nitrogen and oxygen atoms in total. The molecule has 112 valence electrons. The van der Waals surface area contributed by atoms with Crippen LogP contribution in [0, 0.1) is 5.92 Å². The number of ether oxygens (including phenoxy) is 1. The number of nitrogens with two attached hydrogens (primary N) is 1. The van der Waals surface area contributed by atoms with Crippen LogP contribution in [0.5, 0.6) is 0 Å². The van der Waals surface area contributed by atoms with E-state index in [0.717, 1.165) is 24.8 Å². The summed E-state index contributed by atoms with van der Waals surface area (Å²) < 4.78 is 7.07. The van der Waals surface area contributed by atoms with Crippen LogP contribution in [-0.4, -0.2) is 41.5 Å². The van der Waals surface area contributed by atoms with Gasteiger partial charge in [-0.1, -0.05) is 0 Å². The van der Waals surface area contributed by atoms with Gasteiger partial charge in [-0.3, -0.25) is 9.48 Å². The molecular weight excluding hydrogens is 256 g/mol. The molecule has 1 amide bonds. The van der Waals surface area contributed by atoms with Gasteiger partial charge in [-0.05, 0) is 31.2 Å². The molecule has 0 bridgehead atoms. The Kier molecular flexibility index (Phi) is 5.14. The molecule has 0 unspecified atom stereocenters. The second-order valence-corrected chi connectivity index (χ2v) is 5.51. The quantitative estimate of drug-likeness (QED) is 0.808. The average Bonchev–Trinajstić information content (AvgIpc) is 2.84. The van der Waals surface area contributed by atoms with E-state index in [2.05, 4.69) is 10.4 Å². The molecular formula is C14H24N4O2. The third kappa shape index (κ3) is 3.80.